The Kier molecular flexibility index (Phi) is 6.56. The van der Waals surface area contributed by atoms with E-state index in [0.717, 1.165) is 60.0 Å². The summed E-state index contributed by atoms with van der Waals surface area (Å²) in [4.78, 5) is 25.6. The molecule has 2 amide bonds. The number of thiophene rings is 1. The Morgan fingerprint density at radius 2 is 1.94 bits per heavy atom. The molecule has 14 heteroatoms. The van der Waals surface area contributed by atoms with Crippen LogP contribution in [-0.4, -0.2) is 44.1 Å². The van der Waals surface area contributed by atoms with Crippen molar-refractivity contribution in [2.45, 2.75) is 37.2 Å². The van der Waals surface area contributed by atoms with E-state index in [9.17, 15) is 22.8 Å². The molecule has 3 aromatic rings. The summed E-state index contributed by atoms with van der Waals surface area (Å²) in [5, 5.41) is 14.7. The molecule has 0 atom stereocenters. The summed E-state index contributed by atoms with van der Waals surface area (Å²) in [6.07, 6.45) is -1.18. The van der Waals surface area contributed by atoms with Gasteiger partial charge in [-0.1, -0.05) is 11.8 Å². The first kappa shape index (κ1) is 23.0. The van der Waals surface area contributed by atoms with Crippen LogP contribution in [0, 0.1) is 0 Å². The van der Waals surface area contributed by atoms with E-state index in [1.54, 1.807) is 0 Å². The molecule has 1 aromatic carbocycles. The Labute approximate surface area is 193 Å². The summed E-state index contributed by atoms with van der Waals surface area (Å²) in [7, 11) is 0. The van der Waals surface area contributed by atoms with E-state index in [1.807, 2.05) is 0 Å². The fraction of sp³-hybridized carbons (Fsp3) is 0.316. The number of amides is 2. The van der Waals surface area contributed by atoms with Crippen molar-refractivity contribution in [1.82, 2.24) is 20.2 Å². The lowest BCUT2D eigenvalue weighted by molar-refractivity contribution is -0.274. The molecule has 0 saturated carbocycles. The van der Waals surface area contributed by atoms with E-state index in [2.05, 4.69) is 25.6 Å². The molecule has 0 unspecified atom stereocenters. The number of aromatic nitrogens is 4. The highest BCUT2D eigenvalue weighted by molar-refractivity contribution is 7.99. The predicted octanol–water partition coefficient (Wildman–Crippen LogP) is 3.33. The number of primary amides is 1. The minimum Gasteiger partial charge on any atom is -0.406 e. The number of thioether (sulfide) groups is 1. The number of nitrogens with one attached hydrogen (secondary N) is 1. The molecule has 4 rings (SSSR count). The summed E-state index contributed by atoms with van der Waals surface area (Å²) in [5.41, 5.74) is 7.23. The van der Waals surface area contributed by atoms with Gasteiger partial charge in [-0.3, -0.25) is 9.59 Å². The van der Waals surface area contributed by atoms with Crippen molar-refractivity contribution in [3.63, 3.8) is 0 Å². The number of nitrogens with zero attached hydrogens (tertiary/aromatic N) is 4. The van der Waals surface area contributed by atoms with E-state index < -0.39 is 12.3 Å². The van der Waals surface area contributed by atoms with Gasteiger partial charge in [0.15, 0.2) is 0 Å². The molecule has 9 nitrogen and oxygen atoms in total. The van der Waals surface area contributed by atoms with E-state index in [4.69, 9.17) is 5.73 Å². The number of alkyl halides is 3. The van der Waals surface area contributed by atoms with Gasteiger partial charge in [0.1, 0.15) is 10.8 Å². The SMILES string of the molecule is NC(=O)c1c(NC(=O)CSc2nnnn2-c2ccc(OC(F)(F)F)cc2)sc2c1CCCC2. The van der Waals surface area contributed by atoms with Crippen LogP contribution in [0.15, 0.2) is 29.4 Å². The van der Waals surface area contributed by atoms with E-state index in [0.29, 0.717) is 16.3 Å². The second-order valence-corrected chi connectivity index (χ2v) is 9.08. The number of hydrogen-bond acceptors (Lipinski definition) is 8. The molecule has 3 N–H and O–H groups in total. The number of carbonyl (C=O) groups excluding carboxylic acids is 2. The molecule has 1 aliphatic carbocycles. The highest BCUT2D eigenvalue weighted by Gasteiger charge is 2.31. The zero-order valence-electron chi connectivity index (χ0n) is 16.9. The molecule has 0 fully saturated rings. The smallest absolute Gasteiger partial charge is 0.406 e. The summed E-state index contributed by atoms with van der Waals surface area (Å²) in [6, 6.07) is 4.99. The van der Waals surface area contributed by atoms with Crippen LogP contribution in [0.2, 0.25) is 0 Å². The van der Waals surface area contributed by atoms with E-state index >= 15 is 0 Å². The normalized spacial score (nSPS) is 13.4. The number of aryl methyl sites for hydroxylation is 1. The van der Waals surface area contributed by atoms with Crippen molar-refractivity contribution >= 4 is 39.9 Å². The lowest BCUT2D eigenvalue weighted by atomic mass is 9.95. The van der Waals surface area contributed by atoms with Crippen LogP contribution in [0.1, 0.15) is 33.6 Å². The second kappa shape index (κ2) is 9.39. The first-order valence-corrected chi connectivity index (χ1v) is 11.5. The first-order valence-electron chi connectivity index (χ1n) is 9.73. The van der Waals surface area contributed by atoms with Gasteiger partial charge in [-0.25, -0.2) is 0 Å². The average molecular weight is 499 g/mol. The fourth-order valence-electron chi connectivity index (χ4n) is 3.43. The van der Waals surface area contributed by atoms with Crippen molar-refractivity contribution in [3.05, 3.63) is 40.3 Å². The standard InChI is InChI=1S/C19H17F3N6O3S2/c20-19(21,22)31-11-7-5-10(6-8-11)28-18(25-26-27-28)32-9-14(29)24-17-15(16(23)30)12-3-1-2-4-13(12)33-17/h5-8H,1-4,9H2,(H2,23,30)(H,24,29). The van der Waals surface area contributed by atoms with Crippen LogP contribution < -0.4 is 15.8 Å². The number of ether oxygens (including phenoxy) is 1. The topological polar surface area (TPSA) is 125 Å². The zero-order chi connectivity index (χ0) is 23.6. The van der Waals surface area contributed by atoms with Crippen molar-refractivity contribution in [1.29, 1.82) is 0 Å². The molecule has 0 aliphatic heterocycles. The van der Waals surface area contributed by atoms with Crippen molar-refractivity contribution in [2.75, 3.05) is 11.1 Å². The second-order valence-electron chi connectivity index (χ2n) is 7.03. The third-order valence-electron chi connectivity index (χ3n) is 4.76. The summed E-state index contributed by atoms with van der Waals surface area (Å²) >= 11 is 2.40. The number of benzene rings is 1. The number of anilines is 1. The van der Waals surface area contributed by atoms with Gasteiger partial charge in [0.05, 0.1) is 17.0 Å². The number of tetrazole rings is 1. The average Bonchev–Trinajstić information content (AvgIpc) is 3.35. The van der Waals surface area contributed by atoms with Gasteiger partial charge in [0.25, 0.3) is 5.91 Å². The van der Waals surface area contributed by atoms with Gasteiger partial charge in [-0.05, 0) is 65.9 Å². The van der Waals surface area contributed by atoms with Crippen LogP contribution >= 0.6 is 23.1 Å². The van der Waals surface area contributed by atoms with E-state index in [1.165, 1.54) is 28.2 Å². The zero-order valence-corrected chi connectivity index (χ0v) is 18.5. The van der Waals surface area contributed by atoms with Crippen molar-refractivity contribution in [3.8, 4) is 11.4 Å². The quantitative estimate of drug-likeness (QED) is 0.479. The number of nitrogens with two attached hydrogens (primary N) is 1. The van der Waals surface area contributed by atoms with Crippen LogP contribution in [0.3, 0.4) is 0 Å². The molecule has 2 aromatic heterocycles. The molecule has 1 aliphatic rings. The Morgan fingerprint density at radius 3 is 2.64 bits per heavy atom. The minimum atomic E-state index is -4.79. The minimum absolute atomic E-state index is 0.0591. The maximum atomic E-state index is 12.5. The van der Waals surface area contributed by atoms with Crippen LogP contribution in [0.5, 0.6) is 5.75 Å². The molecule has 0 bridgehead atoms. The van der Waals surface area contributed by atoms with Crippen LogP contribution in [-0.2, 0) is 17.6 Å². The van der Waals surface area contributed by atoms with Gasteiger partial charge in [-0.2, -0.15) is 4.68 Å². The van der Waals surface area contributed by atoms with Gasteiger partial charge in [0.2, 0.25) is 11.1 Å². The Bertz CT molecular complexity index is 1180. The van der Waals surface area contributed by atoms with Gasteiger partial charge >= 0.3 is 6.36 Å². The lowest BCUT2D eigenvalue weighted by Crippen LogP contribution is -2.19. The molecular formula is C19H17F3N6O3S2. The van der Waals surface area contributed by atoms with Gasteiger partial charge in [0, 0.05) is 4.88 Å². The molecule has 0 saturated heterocycles. The molecule has 0 spiro atoms. The number of carbonyl (C=O) groups is 2. The van der Waals surface area contributed by atoms with Crippen LogP contribution in [0.4, 0.5) is 18.2 Å². The summed E-state index contributed by atoms with van der Waals surface area (Å²) < 4.78 is 42.1. The summed E-state index contributed by atoms with van der Waals surface area (Å²) in [6.45, 7) is 0. The largest absolute Gasteiger partial charge is 0.573 e. The third-order valence-corrected chi connectivity index (χ3v) is 6.89. The van der Waals surface area contributed by atoms with Crippen LogP contribution in [0.25, 0.3) is 5.69 Å². The van der Waals surface area contributed by atoms with Crippen molar-refractivity contribution < 1.29 is 27.5 Å². The molecule has 0 radical (unpaired) electrons. The monoisotopic (exact) mass is 498 g/mol. The predicted molar refractivity (Wildman–Crippen MR) is 115 cm³/mol. The van der Waals surface area contributed by atoms with Gasteiger partial charge < -0.3 is 15.8 Å². The summed E-state index contributed by atoms with van der Waals surface area (Å²) in [5.74, 6) is -1.38. The first-order chi connectivity index (χ1) is 15.7. The van der Waals surface area contributed by atoms with Crippen molar-refractivity contribution in [2.24, 2.45) is 5.73 Å². The third kappa shape index (κ3) is 5.45. The maximum Gasteiger partial charge on any atom is 0.573 e. The highest BCUT2D eigenvalue weighted by Crippen LogP contribution is 2.38. The number of rotatable bonds is 7. The molecule has 33 heavy (non-hydrogen) atoms. The fourth-order valence-corrected chi connectivity index (χ4v) is 5.43. The highest BCUT2D eigenvalue weighted by atomic mass is 32.2. The van der Waals surface area contributed by atoms with E-state index in [-0.39, 0.29) is 22.6 Å². The molecular weight excluding hydrogens is 481 g/mol. The lowest BCUT2D eigenvalue weighted by Gasteiger charge is -2.11. The number of fused-ring (bicyclic) bond motifs is 1. The van der Waals surface area contributed by atoms with Gasteiger partial charge in [-0.15, -0.1) is 29.6 Å². The number of halogens is 3. The Balaban J connectivity index is 1.42. The molecule has 2 heterocycles. The maximum absolute atomic E-state index is 12.5. The Hall–Kier alpha value is -3.13. The molecule has 174 valence electrons. The Morgan fingerprint density at radius 1 is 1.21 bits per heavy atom. The number of hydrogen-bond donors (Lipinski definition) is 2.